The van der Waals surface area contributed by atoms with Crippen LogP contribution in [0.15, 0.2) is 72.3 Å². The van der Waals surface area contributed by atoms with Gasteiger partial charge in [0.05, 0.1) is 54.4 Å². The van der Waals surface area contributed by atoms with Gasteiger partial charge in [-0.05, 0) is 138 Å². The molecule has 0 radical (unpaired) electrons. The molecule has 8 atom stereocenters. The third kappa shape index (κ3) is 9.16. The van der Waals surface area contributed by atoms with Gasteiger partial charge in [-0.25, -0.2) is 19.6 Å². The lowest BCUT2D eigenvalue weighted by molar-refractivity contribution is -0.135. The van der Waals surface area contributed by atoms with Gasteiger partial charge >= 0.3 is 12.2 Å². The molecule has 5 aromatic rings. The summed E-state index contributed by atoms with van der Waals surface area (Å²) in [5, 5.41) is 17.2. The minimum Gasteiger partial charge on any atom is -0.453 e. The van der Waals surface area contributed by atoms with Crippen LogP contribution in [0.1, 0.15) is 114 Å². The van der Waals surface area contributed by atoms with Crippen molar-refractivity contribution in [3.05, 3.63) is 101 Å². The molecule has 5 N–H and O–H groups in total. The van der Waals surface area contributed by atoms with Crippen LogP contribution in [0.4, 0.5) is 9.59 Å². The van der Waals surface area contributed by atoms with Crippen molar-refractivity contribution in [1.82, 2.24) is 40.4 Å². The number of likely N-dealkylation sites (tertiary alicyclic amines) is 2. The fourth-order valence-corrected chi connectivity index (χ4v) is 11.6. The van der Waals surface area contributed by atoms with Crippen LogP contribution in [0, 0.1) is 29.6 Å². The van der Waals surface area contributed by atoms with E-state index in [1.54, 1.807) is 0 Å². The molecule has 3 aromatic carbocycles. The number of H-pyrrole nitrogens is 2. The number of carbonyl (C=O) groups is 3. The lowest BCUT2D eigenvalue weighted by atomic mass is 9.70. The summed E-state index contributed by atoms with van der Waals surface area (Å²) in [5.41, 5.74) is 12.6. The molecule has 2 saturated heterocycles. The Kier molecular flexibility index (Phi) is 13.5. The molecule has 2 fully saturated rings. The largest absolute Gasteiger partial charge is 0.453 e. The molecular weight excluding hydrogens is 857 g/mol. The molecule has 14 heteroatoms. The number of nitrogens with zero attached hydrogens (tertiary/aromatic N) is 4. The molecule has 14 nitrogen and oxygen atoms in total. The number of aryl methyl sites for hydroxylation is 1. The van der Waals surface area contributed by atoms with Gasteiger partial charge in [0.25, 0.3) is 0 Å². The van der Waals surface area contributed by atoms with Crippen LogP contribution in [-0.2, 0) is 27.1 Å². The quantitative estimate of drug-likeness (QED) is 0.0864. The molecule has 2 unspecified atom stereocenters. The van der Waals surface area contributed by atoms with Crippen molar-refractivity contribution in [3.8, 4) is 11.1 Å². The highest BCUT2D eigenvalue weighted by molar-refractivity contribution is 5.87. The molecule has 7 aliphatic rings. The number of rotatable bonds is 11. The van der Waals surface area contributed by atoms with Crippen molar-refractivity contribution in [2.75, 3.05) is 27.3 Å². The summed E-state index contributed by atoms with van der Waals surface area (Å²) in [7, 11) is 2.65. The highest BCUT2D eigenvalue weighted by Crippen LogP contribution is 2.45. The van der Waals surface area contributed by atoms with E-state index >= 15 is 0 Å². The standard InChI is InChI=1S/C54H68N8O6/c1-29(2)47(59-53(65)67-7)51(63)61-23-9-11-44(61)49-55-40-21-18-36(27-42(40)57-49)39-26-33-13-15-34-17-20-38(31(5)25-35(39)16-14-33)32(6)46(34)37-19-22-41-43(28-37)58-50(56-41)45-12-10-24-62(45)52(64)48(30(3)4)60-54(66)68-8/h14,16-22,26-32,38,44-45,47-48,51,63H,9-13,15,23-25H2,1-8H3,(H,55,57)(H,56,58)(H,59,65)(H,60,66)/t31-,32?,38+,44+,45+,47+,48+,51?/m1/s1. The normalized spacial score (nSPS) is 23.3. The van der Waals surface area contributed by atoms with E-state index in [4.69, 9.17) is 19.4 Å². The van der Waals surface area contributed by atoms with E-state index in [0.717, 1.165) is 84.2 Å². The monoisotopic (exact) mass is 925 g/mol. The minimum absolute atomic E-state index is 0.00920. The molecule has 5 aliphatic carbocycles. The Morgan fingerprint density at radius 1 is 0.779 bits per heavy atom. The van der Waals surface area contributed by atoms with E-state index in [9.17, 15) is 19.5 Å². The highest BCUT2D eigenvalue weighted by Gasteiger charge is 2.40. The number of ether oxygens (including phenoxy) is 2. The number of allylic oxidation sites excluding steroid dienone is 4. The van der Waals surface area contributed by atoms with E-state index in [2.05, 4.69) is 106 Å². The zero-order valence-electron chi connectivity index (χ0n) is 40.8. The Morgan fingerprint density at radius 3 is 2.12 bits per heavy atom. The first-order valence-electron chi connectivity index (χ1n) is 24.7. The van der Waals surface area contributed by atoms with Crippen molar-refractivity contribution in [2.45, 2.75) is 117 Å². The number of alkyl carbamates (subject to hydrolysis) is 2. The van der Waals surface area contributed by atoms with E-state index in [-0.39, 0.29) is 35.7 Å². The Bertz CT molecular complexity index is 2750. The van der Waals surface area contributed by atoms with Crippen LogP contribution < -0.4 is 10.6 Å². The summed E-state index contributed by atoms with van der Waals surface area (Å²) in [6, 6.07) is 18.7. The number of benzene rings is 3. The molecule has 0 saturated carbocycles. The van der Waals surface area contributed by atoms with Crippen molar-refractivity contribution in [1.29, 1.82) is 0 Å². The molecule has 68 heavy (non-hydrogen) atoms. The average molecular weight is 925 g/mol. The van der Waals surface area contributed by atoms with Gasteiger partial charge in [0, 0.05) is 13.1 Å². The molecule has 4 heterocycles. The van der Waals surface area contributed by atoms with Crippen LogP contribution >= 0.6 is 0 Å². The Labute approximate surface area is 399 Å². The fraction of sp³-hybridized carbons (Fsp3) is 0.500. The lowest BCUT2D eigenvalue weighted by Crippen LogP contribution is -2.54. The van der Waals surface area contributed by atoms with Gasteiger partial charge < -0.3 is 40.1 Å². The van der Waals surface area contributed by atoms with Crippen molar-refractivity contribution in [2.24, 2.45) is 29.6 Å². The number of amides is 3. The molecule has 4 bridgehead atoms. The zero-order chi connectivity index (χ0) is 48.0. The number of nitrogens with one attached hydrogen (secondary N) is 4. The second-order valence-corrected chi connectivity index (χ2v) is 20.3. The third-order valence-electron chi connectivity index (χ3n) is 15.3. The van der Waals surface area contributed by atoms with Crippen LogP contribution in [-0.4, -0.2) is 98.6 Å². The van der Waals surface area contributed by atoms with Crippen molar-refractivity contribution < 1.29 is 29.0 Å². The number of aliphatic hydroxyl groups is 1. The number of hydrogen-bond acceptors (Lipinski definition) is 9. The highest BCUT2D eigenvalue weighted by atomic mass is 16.5. The fourth-order valence-electron chi connectivity index (χ4n) is 11.6. The summed E-state index contributed by atoms with van der Waals surface area (Å²) >= 11 is 0. The molecular formula is C54H68N8O6. The molecule has 2 aromatic heterocycles. The third-order valence-corrected chi connectivity index (χ3v) is 15.3. The molecule has 12 rings (SSSR count). The number of aliphatic hydroxyl groups excluding tert-OH is 1. The predicted molar refractivity (Wildman–Crippen MR) is 264 cm³/mol. The number of carbonyl (C=O) groups excluding carboxylic acids is 3. The number of fused-ring (bicyclic) bond motifs is 2. The van der Waals surface area contributed by atoms with E-state index in [1.807, 2.05) is 32.6 Å². The molecule has 2 aliphatic heterocycles. The Hall–Kier alpha value is -5.99. The maximum Gasteiger partial charge on any atom is 0.407 e. The number of methoxy groups -OCH3 is 2. The summed E-state index contributed by atoms with van der Waals surface area (Å²) < 4.78 is 9.71. The molecule has 0 spiro atoms. The zero-order valence-corrected chi connectivity index (χ0v) is 40.8. The predicted octanol–water partition coefficient (Wildman–Crippen LogP) is 9.39. The second-order valence-electron chi connectivity index (χ2n) is 20.3. The van der Waals surface area contributed by atoms with Gasteiger partial charge in [0.2, 0.25) is 5.91 Å². The van der Waals surface area contributed by atoms with Crippen molar-refractivity contribution in [3.63, 3.8) is 0 Å². The Morgan fingerprint density at radius 2 is 1.43 bits per heavy atom. The van der Waals surface area contributed by atoms with Gasteiger partial charge in [-0.1, -0.05) is 84.0 Å². The number of aromatic amines is 2. The molecule has 3 amide bonds. The van der Waals surface area contributed by atoms with Crippen LogP contribution in [0.2, 0.25) is 0 Å². The van der Waals surface area contributed by atoms with Gasteiger partial charge in [0.1, 0.15) is 23.9 Å². The average Bonchev–Trinajstić information content (AvgIpc) is 4.16. The summed E-state index contributed by atoms with van der Waals surface area (Å²) in [6.07, 6.45) is 8.91. The van der Waals surface area contributed by atoms with Gasteiger partial charge in [-0.3, -0.25) is 9.69 Å². The first kappa shape index (κ1) is 47.1. The van der Waals surface area contributed by atoms with E-state index in [1.165, 1.54) is 47.6 Å². The molecule has 360 valence electrons. The van der Waals surface area contributed by atoms with Crippen molar-refractivity contribution >= 4 is 45.7 Å². The smallest absolute Gasteiger partial charge is 0.407 e. The summed E-state index contributed by atoms with van der Waals surface area (Å²) in [4.78, 5) is 59.5. The van der Waals surface area contributed by atoms with Gasteiger partial charge in [0.15, 0.2) is 0 Å². The minimum atomic E-state index is -0.894. The Balaban J connectivity index is 0.972. The number of imidazole rings is 2. The lowest BCUT2D eigenvalue weighted by Gasteiger charge is -2.35. The van der Waals surface area contributed by atoms with Crippen LogP contribution in [0.5, 0.6) is 0 Å². The number of hydrogen-bond donors (Lipinski definition) is 5. The van der Waals surface area contributed by atoms with Gasteiger partial charge in [-0.2, -0.15) is 0 Å². The maximum absolute atomic E-state index is 13.9. The van der Waals surface area contributed by atoms with E-state index < -0.39 is 30.5 Å². The first-order chi connectivity index (χ1) is 32.7. The van der Waals surface area contributed by atoms with E-state index in [0.29, 0.717) is 24.9 Å². The first-order valence-corrected chi connectivity index (χ1v) is 24.7. The topological polar surface area (TPSA) is 178 Å². The summed E-state index contributed by atoms with van der Waals surface area (Å²) in [6.45, 7) is 13.9. The SMILES string of the molecule is COC(=O)N[C@@H](C(C)C)C(O)N1CCC[C@H]1c1nc2ccc(-c3cc4ccc3C[C@@H](C)[C@@H]3C=CC(=C(c5ccc6nc([C@@H]7CCCN7C(=O)[C@@H](NC(=O)OC)C(C)C)[nH]c6c5)C3C)CC4)cc2[nH]1. The summed E-state index contributed by atoms with van der Waals surface area (Å²) in [5.74, 6) is 2.32. The van der Waals surface area contributed by atoms with Gasteiger partial charge in [-0.15, -0.1) is 0 Å². The maximum atomic E-state index is 13.9. The van der Waals surface area contributed by atoms with Crippen LogP contribution in [0.3, 0.4) is 0 Å². The number of aromatic nitrogens is 4. The van der Waals surface area contributed by atoms with Crippen LogP contribution in [0.25, 0.3) is 38.8 Å². The second kappa shape index (κ2) is 19.6.